The highest BCUT2D eigenvalue weighted by molar-refractivity contribution is 5.69. The molecule has 1 aromatic rings. The van der Waals surface area contributed by atoms with Gasteiger partial charge in [0.2, 0.25) is 0 Å². The summed E-state index contributed by atoms with van der Waals surface area (Å²) in [5, 5.41) is 9.00. The third-order valence-electron chi connectivity index (χ3n) is 2.75. The second-order valence-electron chi connectivity index (χ2n) is 5.77. The molecule has 1 aliphatic heterocycles. The van der Waals surface area contributed by atoms with E-state index in [1.54, 1.807) is 23.2 Å². The van der Waals surface area contributed by atoms with Crippen LogP contribution in [0.25, 0.3) is 0 Å². The summed E-state index contributed by atoms with van der Waals surface area (Å²) >= 11 is 0. The number of rotatable bonds is 3. The van der Waals surface area contributed by atoms with Crippen LogP contribution in [0, 0.1) is 0 Å². The first-order valence-corrected chi connectivity index (χ1v) is 6.58. The zero-order valence-electron chi connectivity index (χ0n) is 12.0. The van der Waals surface area contributed by atoms with Crippen molar-refractivity contribution in [1.29, 1.82) is 0 Å². The minimum Gasteiger partial charge on any atom is -0.487 e. The van der Waals surface area contributed by atoms with E-state index in [1.165, 1.54) is 0 Å². The minimum absolute atomic E-state index is 0.0449. The summed E-state index contributed by atoms with van der Waals surface area (Å²) in [4.78, 5) is 17.3. The molecule has 0 bridgehead atoms. The van der Waals surface area contributed by atoms with Crippen LogP contribution >= 0.6 is 0 Å². The fourth-order valence-corrected chi connectivity index (χ4v) is 1.80. The predicted octanol–water partition coefficient (Wildman–Crippen LogP) is 1.57. The molecule has 0 atom stereocenters. The Morgan fingerprint density at radius 3 is 2.80 bits per heavy atom. The highest BCUT2D eigenvalue weighted by atomic mass is 16.6. The van der Waals surface area contributed by atoms with Crippen molar-refractivity contribution in [2.45, 2.75) is 39.1 Å². The van der Waals surface area contributed by atoms with Crippen LogP contribution in [-0.2, 0) is 11.3 Å². The first-order valence-electron chi connectivity index (χ1n) is 6.58. The van der Waals surface area contributed by atoms with Gasteiger partial charge >= 0.3 is 6.09 Å². The van der Waals surface area contributed by atoms with Gasteiger partial charge in [0, 0.05) is 12.3 Å². The number of carbonyl (C=O) groups is 1. The molecule has 1 aliphatic rings. The summed E-state index contributed by atoms with van der Waals surface area (Å²) in [5.41, 5.74) is 0.0790. The molecule has 0 saturated carbocycles. The third-order valence-corrected chi connectivity index (χ3v) is 2.75. The van der Waals surface area contributed by atoms with E-state index in [-0.39, 0.29) is 18.8 Å². The van der Waals surface area contributed by atoms with E-state index in [2.05, 4.69) is 4.98 Å². The van der Waals surface area contributed by atoms with Gasteiger partial charge in [0.1, 0.15) is 17.5 Å². The van der Waals surface area contributed by atoms with Gasteiger partial charge in [-0.25, -0.2) is 4.79 Å². The quantitative estimate of drug-likeness (QED) is 0.910. The molecular weight excluding hydrogens is 260 g/mol. The second-order valence-corrected chi connectivity index (χ2v) is 5.77. The van der Waals surface area contributed by atoms with Gasteiger partial charge < -0.3 is 19.5 Å². The average molecular weight is 280 g/mol. The Bertz CT molecular complexity index is 478. The Balaban J connectivity index is 1.80. The van der Waals surface area contributed by atoms with Crippen molar-refractivity contribution in [1.82, 2.24) is 9.88 Å². The fraction of sp³-hybridized carbons (Fsp3) is 0.571. The van der Waals surface area contributed by atoms with Crippen molar-refractivity contribution < 1.29 is 19.4 Å². The van der Waals surface area contributed by atoms with Gasteiger partial charge in [0.05, 0.1) is 25.4 Å². The van der Waals surface area contributed by atoms with E-state index in [0.29, 0.717) is 24.5 Å². The van der Waals surface area contributed by atoms with Crippen LogP contribution in [0.5, 0.6) is 5.75 Å². The van der Waals surface area contributed by atoms with Gasteiger partial charge in [0.25, 0.3) is 0 Å². The molecule has 1 fully saturated rings. The Kier molecular flexibility index (Phi) is 4.13. The summed E-state index contributed by atoms with van der Waals surface area (Å²) in [5.74, 6) is 0.651. The van der Waals surface area contributed by atoms with E-state index in [0.717, 1.165) is 0 Å². The van der Waals surface area contributed by atoms with Crippen molar-refractivity contribution in [3.8, 4) is 5.75 Å². The maximum absolute atomic E-state index is 11.7. The lowest BCUT2D eigenvalue weighted by atomic mass is 10.1. The maximum Gasteiger partial charge on any atom is 0.410 e. The smallest absolute Gasteiger partial charge is 0.410 e. The van der Waals surface area contributed by atoms with Gasteiger partial charge in [0.15, 0.2) is 0 Å². The molecule has 1 aromatic heterocycles. The number of hydrogen-bond donors (Lipinski definition) is 1. The Hall–Kier alpha value is -1.82. The zero-order valence-corrected chi connectivity index (χ0v) is 12.0. The molecule has 110 valence electrons. The number of likely N-dealkylation sites (tertiary alicyclic amines) is 1. The van der Waals surface area contributed by atoms with Crippen LogP contribution in [0.3, 0.4) is 0 Å². The predicted molar refractivity (Wildman–Crippen MR) is 72.4 cm³/mol. The Morgan fingerprint density at radius 2 is 2.20 bits per heavy atom. The third kappa shape index (κ3) is 3.84. The summed E-state index contributed by atoms with van der Waals surface area (Å²) < 4.78 is 11.0. The van der Waals surface area contributed by atoms with Gasteiger partial charge in [-0.3, -0.25) is 4.98 Å². The molecule has 0 aromatic carbocycles. The number of aliphatic hydroxyl groups excluding tert-OH is 1. The number of amides is 1. The lowest BCUT2D eigenvalue weighted by Gasteiger charge is -2.39. The van der Waals surface area contributed by atoms with Crippen LogP contribution < -0.4 is 4.74 Å². The molecule has 0 unspecified atom stereocenters. The molecule has 1 saturated heterocycles. The average Bonchev–Trinajstić information content (AvgIpc) is 2.31. The highest BCUT2D eigenvalue weighted by Gasteiger charge is 2.35. The van der Waals surface area contributed by atoms with E-state index < -0.39 is 5.60 Å². The monoisotopic (exact) mass is 280 g/mol. The molecule has 2 heterocycles. The first-order chi connectivity index (χ1) is 9.37. The van der Waals surface area contributed by atoms with Gasteiger partial charge in [-0.1, -0.05) is 0 Å². The van der Waals surface area contributed by atoms with Crippen molar-refractivity contribution in [3.63, 3.8) is 0 Å². The first kappa shape index (κ1) is 14.6. The Labute approximate surface area is 118 Å². The molecule has 0 aliphatic carbocycles. The highest BCUT2D eigenvalue weighted by Crippen LogP contribution is 2.20. The van der Waals surface area contributed by atoms with Crippen molar-refractivity contribution in [2.75, 3.05) is 13.1 Å². The number of nitrogens with zero attached hydrogens (tertiary/aromatic N) is 2. The van der Waals surface area contributed by atoms with E-state index in [4.69, 9.17) is 14.6 Å². The van der Waals surface area contributed by atoms with Gasteiger partial charge in [-0.05, 0) is 26.8 Å². The topological polar surface area (TPSA) is 71.9 Å². The lowest BCUT2D eigenvalue weighted by Crippen LogP contribution is -2.57. The largest absolute Gasteiger partial charge is 0.487 e. The summed E-state index contributed by atoms with van der Waals surface area (Å²) in [7, 11) is 0. The van der Waals surface area contributed by atoms with E-state index in [1.807, 2.05) is 20.8 Å². The number of hydrogen-bond acceptors (Lipinski definition) is 5. The summed E-state index contributed by atoms with van der Waals surface area (Å²) in [6.07, 6.45) is 1.23. The molecule has 20 heavy (non-hydrogen) atoms. The van der Waals surface area contributed by atoms with Gasteiger partial charge in [-0.2, -0.15) is 0 Å². The molecule has 0 spiro atoms. The maximum atomic E-state index is 11.7. The summed E-state index contributed by atoms with van der Waals surface area (Å²) in [6, 6.07) is 3.42. The standard InChI is InChI=1S/C14H20N2O4/c1-14(2,3)20-13(18)16-7-12(8-16)19-11-4-5-15-10(6-11)9-17/h4-6,12,17H,7-9H2,1-3H3. The van der Waals surface area contributed by atoms with Crippen molar-refractivity contribution in [3.05, 3.63) is 24.0 Å². The molecule has 2 rings (SSSR count). The Morgan fingerprint density at radius 1 is 1.50 bits per heavy atom. The normalized spacial score (nSPS) is 15.7. The zero-order chi connectivity index (χ0) is 14.8. The number of pyridine rings is 1. The van der Waals surface area contributed by atoms with E-state index in [9.17, 15) is 4.79 Å². The SMILES string of the molecule is CC(C)(C)OC(=O)N1CC(Oc2ccnc(CO)c2)C1. The number of carbonyl (C=O) groups excluding carboxylic acids is 1. The molecule has 1 N–H and O–H groups in total. The second kappa shape index (κ2) is 5.66. The van der Waals surface area contributed by atoms with E-state index >= 15 is 0 Å². The summed E-state index contributed by atoms with van der Waals surface area (Å²) in [6.45, 7) is 6.41. The molecule has 0 radical (unpaired) electrons. The number of aromatic nitrogens is 1. The van der Waals surface area contributed by atoms with Crippen LogP contribution in [0.2, 0.25) is 0 Å². The molecule has 6 nitrogen and oxygen atoms in total. The van der Waals surface area contributed by atoms with Crippen LogP contribution in [0.15, 0.2) is 18.3 Å². The number of ether oxygens (including phenoxy) is 2. The van der Waals surface area contributed by atoms with Crippen molar-refractivity contribution >= 4 is 6.09 Å². The molecule has 6 heteroatoms. The number of aliphatic hydroxyl groups is 1. The van der Waals surface area contributed by atoms with Gasteiger partial charge in [-0.15, -0.1) is 0 Å². The fourth-order valence-electron chi connectivity index (χ4n) is 1.80. The van der Waals surface area contributed by atoms with Crippen LogP contribution in [0.1, 0.15) is 26.5 Å². The van der Waals surface area contributed by atoms with Crippen LogP contribution in [-0.4, -0.2) is 45.9 Å². The van der Waals surface area contributed by atoms with Crippen molar-refractivity contribution in [2.24, 2.45) is 0 Å². The van der Waals surface area contributed by atoms with Crippen LogP contribution in [0.4, 0.5) is 4.79 Å². The molecule has 1 amide bonds. The minimum atomic E-state index is -0.482. The molecular formula is C14H20N2O4. The lowest BCUT2D eigenvalue weighted by molar-refractivity contribution is -0.0222.